The molecule has 8 heteroatoms. The largest absolute Gasteiger partial charge is 0.486 e. The first-order valence-electron chi connectivity index (χ1n) is 10.1. The molecule has 6 nitrogen and oxygen atoms in total. The number of thioether (sulfide) groups is 1. The minimum Gasteiger partial charge on any atom is -0.486 e. The zero-order valence-corrected chi connectivity index (χ0v) is 19.2. The van der Waals surface area contributed by atoms with Crippen LogP contribution in [-0.4, -0.2) is 38.8 Å². The first kappa shape index (κ1) is 21.1. The topological polar surface area (TPSA) is 66.9 Å². The third kappa shape index (κ3) is 3.67. The number of hydrogen-bond donors (Lipinski definition) is 0. The summed E-state index contributed by atoms with van der Waals surface area (Å²) in [5, 5.41) is 0.253. The molecule has 0 aliphatic carbocycles. The van der Waals surface area contributed by atoms with E-state index in [-0.39, 0.29) is 28.7 Å². The van der Waals surface area contributed by atoms with E-state index in [0.29, 0.717) is 30.1 Å². The van der Waals surface area contributed by atoms with Crippen molar-refractivity contribution in [3.63, 3.8) is 0 Å². The molecule has 0 aromatic heterocycles. The van der Waals surface area contributed by atoms with Gasteiger partial charge in [0.05, 0.1) is 22.8 Å². The summed E-state index contributed by atoms with van der Waals surface area (Å²) in [6.07, 6.45) is 0.494. The highest BCUT2D eigenvalue weighted by atomic mass is 32.2. The SMILES string of the molecule is CC[C@@H]1CN(S(=O)(=O)c2ccc3c(c2)N(C(C)=O)C[C@H](C)S3)c2cc(C)ccc2O1. The van der Waals surface area contributed by atoms with Crippen LogP contribution in [0.4, 0.5) is 11.4 Å². The van der Waals surface area contributed by atoms with Crippen molar-refractivity contribution >= 4 is 39.1 Å². The van der Waals surface area contributed by atoms with Gasteiger partial charge in [-0.1, -0.05) is 19.9 Å². The molecule has 2 aliphatic rings. The quantitative estimate of drug-likeness (QED) is 0.707. The van der Waals surface area contributed by atoms with Crippen molar-refractivity contribution in [1.29, 1.82) is 0 Å². The van der Waals surface area contributed by atoms with Crippen LogP contribution in [0, 0.1) is 6.92 Å². The zero-order valence-electron chi connectivity index (χ0n) is 17.6. The molecular weight excluding hydrogens is 420 g/mol. The lowest BCUT2D eigenvalue weighted by atomic mass is 10.1. The molecule has 30 heavy (non-hydrogen) atoms. The summed E-state index contributed by atoms with van der Waals surface area (Å²) in [5.74, 6) is 0.492. The second-order valence-electron chi connectivity index (χ2n) is 7.84. The van der Waals surface area contributed by atoms with Gasteiger partial charge in [-0.15, -0.1) is 11.8 Å². The van der Waals surface area contributed by atoms with Crippen LogP contribution in [0.5, 0.6) is 5.75 Å². The van der Waals surface area contributed by atoms with Crippen LogP contribution >= 0.6 is 11.8 Å². The van der Waals surface area contributed by atoms with E-state index in [4.69, 9.17) is 4.74 Å². The van der Waals surface area contributed by atoms with Crippen LogP contribution in [0.3, 0.4) is 0 Å². The smallest absolute Gasteiger partial charge is 0.264 e. The van der Waals surface area contributed by atoms with Crippen LogP contribution < -0.4 is 13.9 Å². The summed E-state index contributed by atoms with van der Waals surface area (Å²) in [7, 11) is -3.83. The van der Waals surface area contributed by atoms with Crippen LogP contribution in [0.2, 0.25) is 0 Å². The number of carbonyl (C=O) groups excluding carboxylic acids is 1. The molecule has 0 fully saturated rings. The van der Waals surface area contributed by atoms with Gasteiger partial charge in [0.2, 0.25) is 5.91 Å². The monoisotopic (exact) mass is 446 g/mol. The highest BCUT2D eigenvalue weighted by molar-refractivity contribution is 8.00. The maximum absolute atomic E-state index is 13.7. The Morgan fingerprint density at radius 2 is 1.93 bits per heavy atom. The summed E-state index contributed by atoms with van der Waals surface area (Å²) < 4.78 is 34.9. The van der Waals surface area contributed by atoms with Gasteiger partial charge in [-0.2, -0.15) is 0 Å². The van der Waals surface area contributed by atoms with Crippen LogP contribution in [-0.2, 0) is 14.8 Å². The van der Waals surface area contributed by atoms with E-state index >= 15 is 0 Å². The maximum Gasteiger partial charge on any atom is 0.264 e. The van der Waals surface area contributed by atoms with Crippen molar-refractivity contribution in [2.45, 2.75) is 55.3 Å². The number of carbonyl (C=O) groups is 1. The Morgan fingerprint density at radius 3 is 2.63 bits per heavy atom. The van der Waals surface area contributed by atoms with E-state index in [1.807, 2.05) is 38.1 Å². The zero-order chi connectivity index (χ0) is 21.6. The molecule has 2 aromatic rings. The molecule has 0 saturated heterocycles. The van der Waals surface area contributed by atoms with Gasteiger partial charge in [-0.05, 0) is 49.2 Å². The van der Waals surface area contributed by atoms with E-state index in [9.17, 15) is 13.2 Å². The number of amides is 1. The summed E-state index contributed by atoms with van der Waals surface area (Å²) in [5.41, 5.74) is 2.19. The third-order valence-corrected chi connectivity index (χ3v) is 8.39. The number of fused-ring (bicyclic) bond motifs is 2. The molecule has 0 radical (unpaired) electrons. The number of hydrogen-bond acceptors (Lipinski definition) is 5. The van der Waals surface area contributed by atoms with E-state index < -0.39 is 10.0 Å². The molecule has 2 atom stereocenters. The number of sulfonamides is 1. The number of ether oxygens (including phenoxy) is 1. The first-order chi connectivity index (χ1) is 14.2. The molecule has 0 saturated carbocycles. The van der Waals surface area contributed by atoms with E-state index in [0.717, 1.165) is 10.5 Å². The number of aryl methyl sites for hydroxylation is 1. The van der Waals surface area contributed by atoms with Crippen LogP contribution in [0.15, 0.2) is 46.2 Å². The Kier molecular flexibility index (Phi) is 5.48. The molecule has 0 spiro atoms. The lowest BCUT2D eigenvalue weighted by molar-refractivity contribution is -0.116. The molecule has 2 aliphatic heterocycles. The molecule has 1 amide bonds. The van der Waals surface area contributed by atoms with Gasteiger partial charge in [0.1, 0.15) is 11.9 Å². The van der Waals surface area contributed by atoms with Gasteiger partial charge in [-0.3, -0.25) is 9.10 Å². The molecule has 160 valence electrons. The van der Waals surface area contributed by atoms with Gasteiger partial charge >= 0.3 is 0 Å². The minimum atomic E-state index is -3.83. The summed E-state index contributed by atoms with van der Waals surface area (Å²) >= 11 is 1.66. The number of benzene rings is 2. The normalized spacial score (nSPS) is 20.9. The standard InChI is InChI=1S/C22H26N2O4S2/c1-5-17-13-24(19-10-14(2)6-8-21(19)28-17)30(26,27)18-7-9-22-20(11-18)23(16(4)25)12-15(3)29-22/h6-11,15,17H,5,12-13H2,1-4H3/t15-,17+/m0/s1. The summed E-state index contributed by atoms with van der Waals surface area (Å²) in [6, 6.07) is 10.7. The predicted molar refractivity (Wildman–Crippen MR) is 120 cm³/mol. The van der Waals surface area contributed by atoms with Crippen molar-refractivity contribution in [3.8, 4) is 5.75 Å². The second-order valence-corrected chi connectivity index (χ2v) is 11.2. The molecule has 0 N–H and O–H groups in total. The van der Waals surface area contributed by atoms with Crippen molar-refractivity contribution < 1.29 is 17.9 Å². The Balaban J connectivity index is 1.81. The maximum atomic E-state index is 13.7. The van der Waals surface area contributed by atoms with Crippen molar-refractivity contribution in [3.05, 3.63) is 42.0 Å². The van der Waals surface area contributed by atoms with Gasteiger partial charge in [0.25, 0.3) is 10.0 Å². The minimum absolute atomic E-state index is 0.0867. The average Bonchev–Trinajstić information content (AvgIpc) is 2.71. The molecular formula is C22H26N2O4S2. The van der Waals surface area contributed by atoms with Crippen LogP contribution in [0.25, 0.3) is 0 Å². The van der Waals surface area contributed by atoms with Crippen molar-refractivity contribution in [2.24, 2.45) is 0 Å². The summed E-state index contributed by atoms with van der Waals surface area (Å²) in [6.45, 7) is 8.31. The second kappa shape index (κ2) is 7.81. The predicted octanol–water partition coefficient (Wildman–Crippen LogP) is 4.21. The fourth-order valence-corrected chi connectivity index (χ4v) is 6.48. The van der Waals surface area contributed by atoms with Crippen LogP contribution in [0.1, 0.15) is 32.8 Å². The van der Waals surface area contributed by atoms with Gasteiger partial charge in [0, 0.05) is 23.6 Å². The molecule has 2 aromatic carbocycles. The molecule has 0 bridgehead atoms. The Labute approximate surface area is 182 Å². The number of nitrogens with zero attached hydrogens (tertiary/aromatic N) is 2. The number of anilines is 2. The first-order valence-corrected chi connectivity index (χ1v) is 12.4. The van der Waals surface area contributed by atoms with Gasteiger partial charge < -0.3 is 9.64 Å². The Morgan fingerprint density at radius 1 is 1.17 bits per heavy atom. The fraction of sp³-hybridized carbons (Fsp3) is 0.409. The Bertz CT molecular complexity index is 1100. The number of rotatable bonds is 3. The van der Waals surface area contributed by atoms with Crippen molar-refractivity contribution in [2.75, 3.05) is 22.3 Å². The van der Waals surface area contributed by atoms with E-state index in [1.54, 1.807) is 28.8 Å². The van der Waals surface area contributed by atoms with E-state index in [2.05, 4.69) is 6.92 Å². The van der Waals surface area contributed by atoms with Crippen molar-refractivity contribution in [1.82, 2.24) is 0 Å². The highest BCUT2D eigenvalue weighted by Crippen LogP contribution is 2.42. The fourth-order valence-electron chi connectivity index (χ4n) is 3.87. The van der Waals surface area contributed by atoms with Gasteiger partial charge in [-0.25, -0.2) is 8.42 Å². The van der Waals surface area contributed by atoms with Gasteiger partial charge in [0.15, 0.2) is 0 Å². The molecule has 2 heterocycles. The molecule has 4 rings (SSSR count). The average molecular weight is 447 g/mol. The van der Waals surface area contributed by atoms with E-state index in [1.165, 1.54) is 11.2 Å². The molecule has 0 unspecified atom stereocenters. The highest BCUT2D eigenvalue weighted by Gasteiger charge is 2.35. The third-order valence-electron chi connectivity index (χ3n) is 5.46. The lowest BCUT2D eigenvalue weighted by Crippen LogP contribution is -2.43. The lowest BCUT2D eigenvalue weighted by Gasteiger charge is -2.36. The summed E-state index contributed by atoms with van der Waals surface area (Å²) in [4.78, 5) is 15.0. The Hall–Kier alpha value is -2.19.